The summed E-state index contributed by atoms with van der Waals surface area (Å²) in [5, 5.41) is 10.9. The van der Waals surface area contributed by atoms with Gasteiger partial charge in [0.05, 0.1) is 5.97 Å². The van der Waals surface area contributed by atoms with Crippen LogP contribution in [0.3, 0.4) is 0 Å². The third kappa shape index (κ3) is 4.33. The molecule has 0 amide bonds. The minimum atomic E-state index is -1.24. The molecular formula is C9H8ClNaO3. The maximum Gasteiger partial charge on any atom is 1.00 e. The second kappa shape index (κ2) is 6.30. The van der Waals surface area contributed by atoms with Crippen LogP contribution in [0.1, 0.15) is 6.92 Å². The van der Waals surface area contributed by atoms with Crippen molar-refractivity contribution in [1.82, 2.24) is 0 Å². The van der Waals surface area contributed by atoms with Crippen LogP contribution in [-0.4, -0.2) is 12.1 Å². The third-order valence-electron chi connectivity index (χ3n) is 1.46. The van der Waals surface area contributed by atoms with E-state index < -0.39 is 12.1 Å². The van der Waals surface area contributed by atoms with Crippen molar-refractivity contribution < 1.29 is 44.2 Å². The van der Waals surface area contributed by atoms with Crippen molar-refractivity contribution in [2.45, 2.75) is 13.0 Å². The number of ether oxygens (including phenoxy) is 1. The first-order valence-corrected chi connectivity index (χ1v) is 4.10. The zero-order valence-electron chi connectivity index (χ0n) is 7.99. The maximum atomic E-state index is 10.3. The van der Waals surface area contributed by atoms with Crippen LogP contribution >= 0.6 is 11.6 Å². The fraction of sp³-hybridized carbons (Fsp3) is 0.222. The van der Waals surface area contributed by atoms with E-state index >= 15 is 0 Å². The molecule has 0 unspecified atom stereocenters. The van der Waals surface area contributed by atoms with Gasteiger partial charge in [-0.25, -0.2) is 0 Å². The van der Waals surface area contributed by atoms with E-state index in [1.807, 2.05) is 0 Å². The number of carbonyl (C=O) groups excluding carboxylic acids is 1. The molecule has 0 spiro atoms. The van der Waals surface area contributed by atoms with Gasteiger partial charge >= 0.3 is 29.6 Å². The summed E-state index contributed by atoms with van der Waals surface area (Å²) in [5.74, 6) is -0.781. The number of halogens is 1. The summed E-state index contributed by atoms with van der Waals surface area (Å²) in [6.07, 6.45) is -0.957. The molecule has 0 aromatic heterocycles. The summed E-state index contributed by atoms with van der Waals surface area (Å²) in [6, 6.07) is 6.45. The molecule has 14 heavy (non-hydrogen) atoms. The topological polar surface area (TPSA) is 49.4 Å². The Hall–Kier alpha value is -0.220. The van der Waals surface area contributed by atoms with Crippen LogP contribution in [0.5, 0.6) is 5.75 Å². The van der Waals surface area contributed by atoms with Crippen molar-refractivity contribution >= 4 is 17.6 Å². The molecule has 0 aliphatic heterocycles. The average Bonchev–Trinajstić information content (AvgIpc) is 2.08. The predicted octanol–water partition coefficient (Wildman–Crippen LogP) is -2.14. The minimum absolute atomic E-state index is 0. The molecule has 0 fully saturated rings. The first-order chi connectivity index (χ1) is 6.09. The number of carbonyl (C=O) groups is 1. The molecule has 0 aliphatic rings. The molecule has 0 saturated heterocycles. The number of carboxylic acid groups (broad SMARTS) is 1. The average molecular weight is 223 g/mol. The van der Waals surface area contributed by atoms with Gasteiger partial charge < -0.3 is 14.6 Å². The number of hydrogen-bond acceptors (Lipinski definition) is 3. The van der Waals surface area contributed by atoms with Crippen LogP contribution in [-0.2, 0) is 4.79 Å². The number of rotatable bonds is 3. The standard InChI is InChI=1S/C9H9ClO3.Na/c1-6(9(11)12)13-8-4-2-7(10)3-5-8;/h2-6H,1H3,(H,11,12);/q;+1/p-1/t6-;/m1./s1. The summed E-state index contributed by atoms with van der Waals surface area (Å²) < 4.78 is 5.01. The summed E-state index contributed by atoms with van der Waals surface area (Å²) >= 11 is 5.63. The number of benzene rings is 1. The van der Waals surface area contributed by atoms with Crippen LogP contribution in [0.4, 0.5) is 0 Å². The number of hydrogen-bond donors (Lipinski definition) is 0. The van der Waals surface area contributed by atoms with Gasteiger partial charge in [-0.15, -0.1) is 0 Å². The Balaban J connectivity index is 0.00000169. The summed E-state index contributed by atoms with van der Waals surface area (Å²) in [6.45, 7) is 1.41. The van der Waals surface area contributed by atoms with Crippen molar-refractivity contribution in [3.05, 3.63) is 29.3 Å². The van der Waals surface area contributed by atoms with Crippen molar-refractivity contribution in [1.29, 1.82) is 0 Å². The van der Waals surface area contributed by atoms with Gasteiger partial charge in [0, 0.05) is 5.02 Å². The van der Waals surface area contributed by atoms with Crippen molar-refractivity contribution in [2.24, 2.45) is 0 Å². The molecular weight excluding hydrogens is 215 g/mol. The number of carboxylic acids is 1. The molecule has 0 saturated carbocycles. The largest absolute Gasteiger partial charge is 1.00 e. The summed E-state index contributed by atoms with van der Waals surface area (Å²) in [5.41, 5.74) is 0. The normalized spacial score (nSPS) is 11.3. The molecule has 1 aromatic rings. The van der Waals surface area contributed by atoms with E-state index in [4.69, 9.17) is 16.3 Å². The van der Waals surface area contributed by atoms with E-state index in [1.165, 1.54) is 6.92 Å². The molecule has 70 valence electrons. The van der Waals surface area contributed by atoms with Crippen LogP contribution in [0, 0.1) is 0 Å². The molecule has 0 radical (unpaired) electrons. The second-order valence-electron chi connectivity index (χ2n) is 2.53. The van der Waals surface area contributed by atoms with Crippen molar-refractivity contribution in [3.8, 4) is 5.75 Å². The van der Waals surface area contributed by atoms with Crippen molar-refractivity contribution in [2.75, 3.05) is 0 Å². The molecule has 1 atom stereocenters. The van der Waals surface area contributed by atoms with E-state index in [0.717, 1.165) is 0 Å². The molecule has 0 aliphatic carbocycles. The SMILES string of the molecule is C[C@@H](Oc1ccc(Cl)cc1)C(=O)[O-].[Na+]. The van der Waals surface area contributed by atoms with Gasteiger partial charge in [-0.2, -0.15) is 0 Å². The van der Waals surface area contributed by atoms with Crippen molar-refractivity contribution in [3.63, 3.8) is 0 Å². The van der Waals surface area contributed by atoms with Gasteiger partial charge in [0.15, 0.2) is 0 Å². The van der Waals surface area contributed by atoms with E-state index in [0.29, 0.717) is 10.8 Å². The minimum Gasteiger partial charge on any atom is -0.546 e. The van der Waals surface area contributed by atoms with Crippen LogP contribution < -0.4 is 39.4 Å². The van der Waals surface area contributed by atoms with Gasteiger partial charge in [0.2, 0.25) is 0 Å². The van der Waals surface area contributed by atoms with Gasteiger partial charge in [0.1, 0.15) is 11.9 Å². The maximum absolute atomic E-state index is 10.3. The molecule has 0 bridgehead atoms. The van der Waals surface area contributed by atoms with Crippen LogP contribution in [0.15, 0.2) is 24.3 Å². The zero-order chi connectivity index (χ0) is 9.84. The molecule has 0 N–H and O–H groups in total. The fourth-order valence-electron chi connectivity index (χ4n) is 0.765. The molecule has 3 nitrogen and oxygen atoms in total. The molecule has 1 rings (SSSR count). The Morgan fingerprint density at radius 3 is 2.36 bits per heavy atom. The van der Waals surface area contributed by atoms with E-state index in [9.17, 15) is 9.90 Å². The quantitative estimate of drug-likeness (QED) is 0.549. The molecule has 0 heterocycles. The Morgan fingerprint density at radius 1 is 1.43 bits per heavy atom. The van der Waals surface area contributed by atoms with Gasteiger partial charge in [-0.1, -0.05) is 11.6 Å². The van der Waals surface area contributed by atoms with E-state index in [1.54, 1.807) is 24.3 Å². The van der Waals surface area contributed by atoms with Gasteiger partial charge in [-0.05, 0) is 31.2 Å². The molecule has 1 aromatic carbocycles. The van der Waals surface area contributed by atoms with Crippen LogP contribution in [0.25, 0.3) is 0 Å². The van der Waals surface area contributed by atoms with E-state index in [-0.39, 0.29) is 29.6 Å². The molecule has 5 heteroatoms. The van der Waals surface area contributed by atoms with Gasteiger partial charge in [-0.3, -0.25) is 0 Å². The van der Waals surface area contributed by atoms with E-state index in [2.05, 4.69) is 0 Å². The van der Waals surface area contributed by atoms with Gasteiger partial charge in [0.25, 0.3) is 0 Å². The van der Waals surface area contributed by atoms with Crippen LogP contribution in [0.2, 0.25) is 5.02 Å². The Morgan fingerprint density at radius 2 is 1.93 bits per heavy atom. The Kier molecular flexibility index (Phi) is 6.20. The third-order valence-corrected chi connectivity index (χ3v) is 1.71. The monoisotopic (exact) mass is 222 g/mol. The fourth-order valence-corrected chi connectivity index (χ4v) is 0.891. The summed E-state index contributed by atoms with van der Waals surface area (Å²) in [7, 11) is 0. The Bertz CT molecular complexity index is 299. The summed E-state index contributed by atoms with van der Waals surface area (Å²) in [4.78, 5) is 10.3. The Labute approximate surface area is 109 Å². The first-order valence-electron chi connectivity index (χ1n) is 3.72. The second-order valence-corrected chi connectivity index (χ2v) is 2.97. The number of aliphatic carboxylic acids is 1. The zero-order valence-corrected chi connectivity index (χ0v) is 10.7. The smallest absolute Gasteiger partial charge is 0.546 e. The first kappa shape index (κ1) is 13.8. The predicted molar refractivity (Wildman–Crippen MR) is 46.5 cm³/mol.